The zero-order valence-corrected chi connectivity index (χ0v) is 18.8. The predicted octanol–water partition coefficient (Wildman–Crippen LogP) is 4.07. The van der Waals surface area contributed by atoms with Gasteiger partial charge in [-0.05, 0) is 28.8 Å². The van der Waals surface area contributed by atoms with Crippen molar-refractivity contribution in [2.75, 3.05) is 5.75 Å². The first-order chi connectivity index (χ1) is 15.7. The van der Waals surface area contributed by atoms with Crippen LogP contribution in [0, 0.1) is 14.9 Å². The molecule has 9 nitrogen and oxygen atoms in total. The van der Waals surface area contributed by atoms with Crippen LogP contribution in [0.15, 0.2) is 68.9 Å². The molecule has 10 heteroatoms. The highest BCUT2D eigenvalue weighted by atomic mass is 32.2. The number of hydrogen-bond acceptors (Lipinski definition) is 8. The van der Waals surface area contributed by atoms with Crippen molar-refractivity contribution in [3.63, 3.8) is 0 Å². The molecular formula is C23H23N3O6S. The second-order valence-corrected chi connectivity index (χ2v) is 10.2. The van der Waals surface area contributed by atoms with Crippen molar-refractivity contribution < 1.29 is 18.3 Å². The number of fused-ring (bicyclic) bond motifs is 1. The third-order valence-corrected chi connectivity index (χ3v) is 7.37. The Bertz CT molecular complexity index is 1350. The molecule has 2 heterocycles. The van der Waals surface area contributed by atoms with E-state index >= 15 is 0 Å². The van der Waals surface area contributed by atoms with E-state index in [1.165, 1.54) is 18.4 Å². The fraction of sp³-hybridized carbons (Fsp3) is 0.261. The first-order valence-electron chi connectivity index (χ1n) is 10.3. The summed E-state index contributed by atoms with van der Waals surface area (Å²) in [5.74, 6) is 0.810. The molecule has 0 aliphatic carbocycles. The van der Waals surface area contributed by atoms with Crippen LogP contribution in [0.25, 0.3) is 0 Å². The summed E-state index contributed by atoms with van der Waals surface area (Å²) in [5, 5.41) is 11.0. The number of hydrogen-bond donors (Lipinski definition) is 1. The maximum absolute atomic E-state index is 12.5. The molecule has 0 radical (unpaired) electrons. The summed E-state index contributed by atoms with van der Waals surface area (Å²) >= 11 is 0. The summed E-state index contributed by atoms with van der Waals surface area (Å²) < 4.78 is 31.1. The quantitative estimate of drug-likeness (QED) is 0.389. The van der Waals surface area contributed by atoms with Crippen molar-refractivity contribution in [3.8, 4) is 5.75 Å². The van der Waals surface area contributed by atoms with Gasteiger partial charge in [0, 0.05) is 41.9 Å². The van der Waals surface area contributed by atoms with E-state index in [9.17, 15) is 19.1 Å². The number of nitro groups is 1. The first kappa shape index (κ1) is 22.7. The molecule has 1 aliphatic heterocycles. The van der Waals surface area contributed by atoms with Crippen LogP contribution in [0.5, 0.6) is 5.75 Å². The number of nitrogens with one attached hydrogen (secondary N) is 1. The van der Waals surface area contributed by atoms with Gasteiger partial charge in [-0.15, -0.1) is 0 Å². The normalized spacial score (nSPS) is 15.1. The van der Waals surface area contributed by atoms with Gasteiger partial charge in [-0.2, -0.15) is 0 Å². The van der Waals surface area contributed by atoms with E-state index in [1.807, 2.05) is 4.90 Å². The molecule has 1 aliphatic rings. The van der Waals surface area contributed by atoms with Gasteiger partial charge >= 0.3 is 0 Å². The van der Waals surface area contributed by atoms with Crippen molar-refractivity contribution in [3.05, 3.63) is 97.6 Å². The minimum atomic E-state index is -2.77. The van der Waals surface area contributed by atoms with Crippen LogP contribution < -0.4 is 10.2 Å². The Morgan fingerprint density at radius 1 is 1.15 bits per heavy atom. The van der Waals surface area contributed by atoms with Crippen molar-refractivity contribution >= 4 is 15.4 Å². The molecule has 1 N–H and O–H groups in total. The SMILES string of the molecule is CCS(=N)(=O)c1ccc(COc2coc(CN3Cc4ccc([N+](=O)[O-])cc4C3)cc2=O)cc1. The number of nitrogens with zero attached hydrogens (tertiary/aromatic N) is 2. The maximum Gasteiger partial charge on any atom is 0.269 e. The van der Waals surface area contributed by atoms with Crippen molar-refractivity contribution in [1.82, 2.24) is 4.90 Å². The summed E-state index contributed by atoms with van der Waals surface area (Å²) in [4.78, 5) is 25.5. The van der Waals surface area contributed by atoms with E-state index in [4.69, 9.17) is 13.9 Å². The second kappa shape index (κ2) is 9.16. The number of benzene rings is 2. The van der Waals surface area contributed by atoms with Gasteiger partial charge in [-0.1, -0.05) is 25.1 Å². The molecule has 0 bridgehead atoms. The third-order valence-electron chi connectivity index (χ3n) is 5.53. The van der Waals surface area contributed by atoms with Gasteiger partial charge in [0.2, 0.25) is 11.2 Å². The molecule has 1 atom stereocenters. The van der Waals surface area contributed by atoms with Crippen molar-refractivity contribution in [2.24, 2.45) is 0 Å². The molecule has 172 valence electrons. The van der Waals surface area contributed by atoms with Gasteiger partial charge in [-0.3, -0.25) is 19.8 Å². The van der Waals surface area contributed by atoms with E-state index in [0.717, 1.165) is 16.7 Å². The predicted molar refractivity (Wildman–Crippen MR) is 121 cm³/mol. The molecule has 3 aromatic rings. The fourth-order valence-corrected chi connectivity index (χ4v) is 4.57. The van der Waals surface area contributed by atoms with Crippen LogP contribution in [-0.2, 0) is 36.0 Å². The molecule has 0 amide bonds. The van der Waals surface area contributed by atoms with E-state index in [0.29, 0.717) is 30.3 Å². The Kier molecular flexibility index (Phi) is 6.30. The smallest absolute Gasteiger partial charge is 0.269 e. The van der Waals surface area contributed by atoms with Gasteiger partial charge in [-0.25, -0.2) is 8.99 Å². The minimum absolute atomic E-state index is 0.0666. The summed E-state index contributed by atoms with van der Waals surface area (Å²) in [6, 6.07) is 13.0. The third kappa shape index (κ3) is 5.12. The number of ether oxygens (including phenoxy) is 1. The molecule has 1 unspecified atom stereocenters. The van der Waals surface area contributed by atoms with E-state index < -0.39 is 14.7 Å². The van der Waals surface area contributed by atoms with Gasteiger partial charge < -0.3 is 9.15 Å². The molecule has 33 heavy (non-hydrogen) atoms. The van der Waals surface area contributed by atoms with Crippen LogP contribution in [0.1, 0.15) is 29.4 Å². The topological polar surface area (TPSA) is 127 Å². The number of nitro benzene ring substituents is 1. The highest BCUT2D eigenvalue weighted by molar-refractivity contribution is 7.92. The highest BCUT2D eigenvalue weighted by Gasteiger charge is 2.22. The van der Waals surface area contributed by atoms with Crippen molar-refractivity contribution in [2.45, 2.75) is 38.1 Å². The average Bonchev–Trinajstić information content (AvgIpc) is 3.20. The summed E-state index contributed by atoms with van der Waals surface area (Å²) in [5.41, 5.74) is 2.46. The van der Waals surface area contributed by atoms with E-state index in [-0.39, 0.29) is 29.2 Å². The van der Waals surface area contributed by atoms with Crippen LogP contribution >= 0.6 is 0 Å². The fourth-order valence-electron chi connectivity index (χ4n) is 3.66. The molecule has 0 saturated heterocycles. The number of rotatable bonds is 8. The number of non-ortho nitro benzene ring substituents is 1. The lowest BCUT2D eigenvalue weighted by molar-refractivity contribution is -0.384. The largest absolute Gasteiger partial charge is 0.482 e. The first-order valence-corrected chi connectivity index (χ1v) is 12.1. The minimum Gasteiger partial charge on any atom is -0.482 e. The van der Waals surface area contributed by atoms with Crippen molar-refractivity contribution in [1.29, 1.82) is 4.78 Å². The zero-order valence-electron chi connectivity index (χ0n) is 18.0. The van der Waals surface area contributed by atoms with E-state index in [2.05, 4.69) is 0 Å². The van der Waals surface area contributed by atoms with Crippen LogP contribution in [-0.4, -0.2) is 19.8 Å². The summed E-state index contributed by atoms with van der Waals surface area (Å²) in [6.07, 6.45) is 1.29. The highest BCUT2D eigenvalue weighted by Crippen LogP contribution is 2.27. The van der Waals surface area contributed by atoms with Crippen LogP contribution in [0.4, 0.5) is 5.69 Å². The molecule has 2 aromatic carbocycles. The Morgan fingerprint density at radius 2 is 1.88 bits per heavy atom. The summed E-state index contributed by atoms with van der Waals surface area (Å²) in [6.45, 7) is 3.40. The van der Waals surface area contributed by atoms with Crippen LogP contribution in [0.2, 0.25) is 0 Å². The molecule has 0 spiro atoms. The molecule has 1 aromatic heterocycles. The van der Waals surface area contributed by atoms with Gasteiger partial charge in [0.05, 0.1) is 21.2 Å². The lowest BCUT2D eigenvalue weighted by Gasteiger charge is -2.14. The Morgan fingerprint density at radius 3 is 2.55 bits per heavy atom. The average molecular weight is 470 g/mol. The second-order valence-electron chi connectivity index (χ2n) is 7.83. The van der Waals surface area contributed by atoms with Gasteiger partial charge in [0.25, 0.3) is 5.69 Å². The Hall–Kier alpha value is -3.50. The monoisotopic (exact) mass is 469 g/mol. The molecule has 0 fully saturated rings. The van der Waals surface area contributed by atoms with Gasteiger partial charge in [0.1, 0.15) is 18.6 Å². The molecule has 0 saturated carbocycles. The maximum atomic E-state index is 12.5. The van der Waals surface area contributed by atoms with Gasteiger partial charge in [0.15, 0.2) is 0 Å². The zero-order chi connectivity index (χ0) is 23.6. The lowest BCUT2D eigenvalue weighted by Crippen LogP contribution is -2.17. The Balaban J connectivity index is 1.37. The van der Waals surface area contributed by atoms with Crippen LogP contribution in [0.3, 0.4) is 0 Å². The lowest BCUT2D eigenvalue weighted by atomic mass is 10.1. The van der Waals surface area contributed by atoms with E-state index in [1.54, 1.807) is 43.3 Å². The molecule has 4 rings (SSSR count). The molecular weight excluding hydrogens is 446 g/mol. The Labute approximate surface area is 190 Å². The summed E-state index contributed by atoms with van der Waals surface area (Å²) in [7, 11) is -2.77. The standard InChI is InChI=1S/C23H23N3O6S/c1-2-33(24,30)21-7-3-16(4-8-21)14-32-23-15-31-20(10-22(23)27)13-25-11-17-5-6-19(26(28)29)9-18(17)12-25/h3-10,15,24H,2,11-14H2,1H3.